The van der Waals surface area contributed by atoms with Gasteiger partial charge in [0, 0.05) is 49.6 Å². The maximum atomic E-state index is 16.7. The zero-order valence-corrected chi connectivity index (χ0v) is 30.4. The van der Waals surface area contributed by atoms with Gasteiger partial charge in [-0.05, 0) is 75.7 Å². The number of anilines is 2. The van der Waals surface area contributed by atoms with Crippen molar-refractivity contribution in [2.45, 2.75) is 57.9 Å². The quantitative estimate of drug-likeness (QED) is 0.212. The zero-order chi connectivity index (χ0) is 35.9. The first-order chi connectivity index (χ1) is 24.6. The lowest BCUT2D eigenvalue weighted by molar-refractivity contribution is -0.127. The zero-order valence-electron chi connectivity index (χ0n) is 28.8. The number of nitrogens with zero attached hydrogens (tertiary/aromatic N) is 7. The number of halogens is 3. The predicted octanol–water partition coefficient (Wildman–Crippen LogP) is 7.21. The van der Waals surface area contributed by atoms with Crippen molar-refractivity contribution in [2.24, 2.45) is 11.8 Å². The highest BCUT2D eigenvalue weighted by molar-refractivity contribution is 7.22. The SMILES string of the molecule is CC(=O)N1CCC(C#N)C1.CC1CC=CCN(c2nc(OCC34CCCN3CCC4)nc3c(F)c(-c4ccc(F)c5sc(N)nc45)c(Cl)cc23)C1. The Kier molecular flexibility index (Phi) is 10.0. The van der Waals surface area contributed by atoms with Crippen molar-refractivity contribution in [2.75, 3.05) is 56.5 Å². The fourth-order valence-electron chi connectivity index (χ4n) is 7.95. The Bertz CT molecular complexity index is 2040. The Morgan fingerprint density at radius 2 is 1.92 bits per heavy atom. The lowest BCUT2D eigenvalue weighted by Gasteiger charge is -2.31. The van der Waals surface area contributed by atoms with Crippen LogP contribution in [-0.4, -0.2) is 82.1 Å². The normalized spacial score (nSPS) is 21.4. The summed E-state index contributed by atoms with van der Waals surface area (Å²) in [5.41, 5.74) is 6.74. The summed E-state index contributed by atoms with van der Waals surface area (Å²) in [7, 11) is 0. The average Bonchev–Trinajstić information content (AvgIpc) is 3.88. The molecule has 1 amide bonds. The Labute approximate surface area is 304 Å². The summed E-state index contributed by atoms with van der Waals surface area (Å²) in [5, 5.41) is 9.34. The number of carbonyl (C=O) groups excluding carboxylic acids is 1. The molecule has 2 N–H and O–H groups in total. The van der Waals surface area contributed by atoms with Gasteiger partial charge in [-0.25, -0.2) is 13.8 Å². The summed E-state index contributed by atoms with van der Waals surface area (Å²) in [4.78, 5) is 30.9. The second kappa shape index (κ2) is 14.5. The summed E-state index contributed by atoms with van der Waals surface area (Å²) in [5.74, 6) is 0.0353. The molecule has 2 unspecified atom stereocenters. The lowest BCUT2D eigenvalue weighted by atomic mass is 9.95. The summed E-state index contributed by atoms with van der Waals surface area (Å²) >= 11 is 7.81. The number of thiazole rings is 1. The van der Waals surface area contributed by atoms with Crippen molar-refractivity contribution in [3.8, 4) is 23.2 Å². The van der Waals surface area contributed by atoms with E-state index < -0.39 is 11.6 Å². The van der Waals surface area contributed by atoms with E-state index >= 15 is 4.39 Å². The Morgan fingerprint density at radius 3 is 2.63 bits per heavy atom. The van der Waals surface area contributed by atoms with Gasteiger partial charge in [-0.1, -0.05) is 42.0 Å². The molecule has 0 saturated carbocycles. The molecule has 2 aromatic carbocycles. The molecular weight excluding hydrogens is 694 g/mol. The first-order valence-electron chi connectivity index (χ1n) is 17.5. The Balaban J connectivity index is 0.000000352. The van der Waals surface area contributed by atoms with Crippen LogP contribution in [0.1, 0.15) is 52.4 Å². The van der Waals surface area contributed by atoms with E-state index in [9.17, 15) is 9.18 Å². The molecule has 3 fully saturated rings. The summed E-state index contributed by atoms with van der Waals surface area (Å²) < 4.78 is 37.8. The van der Waals surface area contributed by atoms with E-state index in [1.54, 1.807) is 17.9 Å². The van der Waals surface area contributed by atoms with E-state index in [2.05, 4.69) is 44.9 Å². The van der Waals surface area contributed by atoms with Crippen LogP contribution in [0.5, 0.6) is 6.01 Å². The number of hydrogen-bond acceptors (Lipinski definition) is 10. The second-order valence-electron chi connectivity index (χ2n) is 14.1. The molecule has 10 nitrogen and oxygen atoms in total. The number of benzene rings is 2. The third-order valence-corrected chi connectivity index (χ3v) is 11.8. The van der Waals surface area contributed by atoms with Gasteiger partial charge in [-0.3, -0.25) is 9.69 Å². The Hall–Kier alpha value is -4.12. The molecule has 14 heteroatoms. The third kappa shape index (κ3) is 6.93. The Morgan fingerprint density at radius 1 is 1.14 bits per heavy atom. The predicted molar refractivity (Wildman–Crippen MR) is 197 cm³/mol. The number of rotatable bonds is 5. The number of aromatic nitrogens is 3. The van der Waals surface area contributed by atoms with E-state index in [0.29, 0.717) is 42.4 Å². The highest BCUT2D eigenvalue weighted by Crippen LogP contribution is 2.43. The lowest BCUT2D eigenvalue weighted by Crippen LogP contribution is -2.43. The summed E-state index contributed by atoms with van der Waals surface area (Å²) in [6.07, 6.45) is 10.5. The second-order valence-corrected chi connectivity index (χ2v) is 15.5. The molecule has 3 saturated heterocycles. The molecule has 2 aromatic heterocycles. The first-order valence-corrected chi connectivity index (χ1v) is 18.7. The fourth-order valence-corrected chi connectivity index (χ4v) is 9.00. The van der Waals surface area contributed by atoms with Crippen LogP contribution in [0.25, 0.3) is 32.2 Å². The van der Waals surface area contributed by atoms with Crippen LogP contribution in [0.15, 0.2) is 30.4 Å². The highest BCUT2D eigenvalue weighted by Gasteiger charge is 2.45. The van der Waals surface area contributed by atoms with Crippen molar-refractivity contribution >= 4 is 60.9 Å². The van der Waals surface area contributed by atoms with Gasteiger partial charge in [-0.2, -0.15) is 15.2 Å². The number of fused-ring (bicyclic) bond motifs is 3. The van der Waals surface area contributed by atoms with Crippen molar-refractivity contribution in [3.63, 3.8) is 0 Å². The van der Waals surface area contributed by atoms with Crippen LogP contribution in [0.2, 0.25) is 5.02 Å². The molecule has 2 atom stereocenters. The molecular formula is C37H41ClF2N8O2S. The maximum absolute atomic E-state index is 16.7. The number of ether oxygens (including phenoxy) is 1. The molecule has 268 valence electrons. The fraction of sp³-hybridized carbons (Fsp3) is 0.486. The van der Waals surface area contributed by atoms with Crippen LogP contribution in [0.3, 0.4) is 0 Å². The van der Waals surface area contributed by atoms with Crippen LogP contribution in [-0.2, 0) is 4.79 Å². The smallest absolute Gasteiger partial charge is 0.319 e. The molecule has 0 bridgehead atoms. The van der Waals surface area contributed by atoms with Gasteiger partial charge in [-0.15, -0.1) is 0 Å². The minimum absolute atomic E-state index is 0.00763. The van der Waals surface area contributed by atoms with E-state index in [0.717, 1.165) is 76.0 Å². The number of nitrogens with two attached hydrogens (primary N) is 1. The standard InChI is InChI=1S/C30H31ClF2N6OS.C7H10N2O/c1-17-6-2-3-11-38(15-17)27-19-14-20(31)22(18-7-8-21(32)26-25(18)35-28(34)41-26)23(33)24(19)36-29(37-27)40-16-30-9-4-12-39(30)13-5-10-30;1-6(10)9-3-2-7(4-8)5-9/h2-3,7-8,14,17H,4-6,9-13,15-16H2,1H3,(H2,34,35);7H,2-3,5H2,1H3. The number of likely N-dealkylation sites (tertiary alicyclic amines) is 1. The van der Waals surface area contributed by atoms with Crippen LogP contribution in [0.4, 0.5) is 19.7 Å². The minimum atomic E-state index is -0.625. The largest absolute Gasteiger partial charge is 0.461 e. The van der Waals surface area contributed by atoms with Gasteiger partial charge in [0.2, 0.25) is 5.91 Å². The summed E-state index contributed by atoms with van der Waals surface area (Å²) in [6, 6.07) is 6.78. The number of amides is 1. The number of hydrogen-bond donors (Lipinski definition) is 1. The van der Waals surface area contributed by atoms with E-state index in [1.807, 2.05) is 0 Å². The highest BCUT2D eigenvalue weighted by atomic mass is 35.5. The van der Waals surface area contributed by atoms with Crippen molar-refractivity contribution in [1.29, 1.82) is 5.26 Å². The monoisotopic (exact) mass is 734 g/mol. The first kappa shape index (κ1) is 35.3. The third-order valence-electron chi connectivity index (χ3n) is 10.6. The summed E-state index contributed by atoms with van der Waals surface area (Å²) in [6.45, 7) is 9.11. The minimum Gasteiger partial charge on any atom is -0.461 e. The molecule has 0 spiro atoms. The van der Waals surface area contributed by atoms with Crippen LogP contribution in [0, 0.1) is 34.8 Å². The van der Waals surface area contributed by atoms with Crippen LogP contribution < -0.4 is 15.4 Å². The van der Waals surface area contributed by atoms with Crippen molar-refractivity contribution < 1.29 is 18.3 Å². The maximum Gasteiger partial charge on any atom is 0.319 e. The average molecular weight is 735 g/mol. The van der Waals surface area contributed by atoms with Gasteiger partial charge in [0.15, 0.2) is 10.9 Å². The van der Waals surface area contributed by atoms with Gasteiger partial charge in [0.1, 0.15) is 23.8 Å². The molecule has 4 aliphatic rings. The van der Waals surface area contributed by atoms with Crippen molar-refractivity contribution in [1.82, 2.24) is 24.8 Å². The molecule has 51 heavy (non-hydrogen) atoms. The molecule has 4 aromatic rings. The van der Waals surface area contributed by atoms with Crippen LogP contribution >= 0.6 is 22.9 Å². The number of nitrogen functional groups attached to an aromatic ring is 1. The molecule has 4 aliphatic heterocycles. The van der Waals surface area contributed by atoms with Gasteiger partial charge in [0.25, 0.3) is 0 Å². The molecule has 0 radical (unpaired) electrons. The van der Waals surface area contributed by atoms with Crippen molar-refractivity contribution in [3.05, 3.63) is 47.0 Å². The van der Waals surface area contributed by atoms with E-state index in [-0.39, 0.29) is 54.8 Å². The number of allylic oxidation sites excluding steroid dienone is 1. The molecule has 8 rings (SSSR count). The van der Waals surface area contributed by atoms with Gasteiger partial charge in [0.05, 0.1) is 32.8 Å². The van der Waals surface area contributed by atoms with Gasteiger partial charge >= 0.3 is 6.01 Å². The molecule has 6 heterocycles. The van der Waals surface area contributed by atoms with E-state index in [1.165, 1.54) is 12.1 Å². The molecule has 0 aliphatic carbocycles. The van der Waals surface area contributed by atoms with Gasteiger partial charge < -0.3 is 20.3 Å². The topological polar surface area (TPSA) is 124 Å². The van der Waals surface area contributed by atoms with E-state index in [4.69, 9.17) is 32.3 Å². The number of nitriles is 1. The number of carbonyl (C=O) groups is 1.